The summed E-state index contributed by atoms with van der Waals surface area (Å²) in [6, 6.07) is 18.5. The molecular formula is C22H28N4O. The zero-order valence-corrected chi connectivity index (χ0v) is 16.3. The Morgan fingerprint density at radius 2 is 1.81 bits per heavy atom. The van der Waals surface area contributed by atoms with Crippen LogP contribution in [0.1, 0.15) is 24.8 Å². The van der Waals surface area contributed by atoms with Crippen molar-refractivity contribution in [2.75, 3.05) is 20.6 Å². The normalized spacial score (nSPS) is 13.6. The van der Waals surface area contributed by atoms with Crippen molar-refractivity contribution in [2.45, 2.75) is 31.8 Å². The molecule has 2 aromatic carbocycles. The van der Waals surface area contributed by atoms with E-state index in [1.165, 1.54) is 5.56 Å². The molecule has 1 heterocycles. The lowest BCUT2D eigenvalue weighted by atomic mass is 9.97. The van der Waals surface area contributed by atoms with Gasteiger partial charge in [-0.3, -0.25) is 9.48 Å². The minimum atomic E-state index is 0.0866. The SMILES string of the molecule is C[C@H](CC(=O)NC[C@@H](Cn1ncc2ccccc21)N(C)C)c1ccccc1. The maximum atomic E-state index is 12.4. The highest BCUT2D eigenvalue weighted by Crippen LogP contribution is 2.18. The second-order valence-corrected chi connectivity index (χ2v) is 7.32. The van der Waals surface area contributed by atoms with Gasteiger partial charge in [0, 0.05) is 24.4 Å². The number of carbonyl (C=O) groups excluding carboxylic acids is 1. The topological polar surface area (TPSA) is 50.2 Å². The van der Waals surface area contributed by atoms with Crippen LogP contribution in [0, 0.1) is 0 Å². The Morgan fingerprint density at radius 1 is 1.11 bits per heavy atom. The Bertz CT molecular complexity index is 872. The highest BCUT2D eigenvalue weighted by molar-refractivity contribution is 5.78. The Hall–Kier alpha value is -2.66. The van der Waals surface area contributed by atoms with Gasteiger partial charge in [0.2, 0.25) is 5.91 Å². The average Bonchev–Trinajstić information content (AvgIpc) is 3.08. The van der Waals surface area contributed by atoms with E-state index in [9.17, 15) is 4.79 Å². The quantitative estimate of drug-likeness (QED) is 0.667. The molecule has 1 N–H and O–H groups in total. The van der Waals surface area contributed by atoms with Crippen LogP contribution in [0.4, 0.5) is 0 Å². The van der Waals surface area contributed by atoms with E-state index in [-0.39, 0.29) is 17.9 Å². The molecule has 0 aliphatic rings. The predicted octanol–water partition coefficient (Wildman–Crippen LogP) is 3.28. The zero-order valence-electron chi connectivity index (χ0n) is 16.3. The maximum Gasteiger partial charge on any atom is 0.220 e. The fourth-order valence-electron chi connectivity index (χ4n) is 3.26. The minimum absolute atomic E-state index is 0.0866. The van der Waals surface area contributed by atoms with Crippen molar-refractivity contribution in [3.8, 4) is 0 Å². The average molecular weight is 364 g/mol. The first-order valence-electron chi connectivity index (χ1n) is 9.43. The Kier molecular flexibility index (Phi) is 6.24. The van der Waals surface area contributed by atoms with Crippen LogP contribution in [-0.2, 0) is 11.3 Å². The third-order valence-corrected chi connectivity index (χ3v) is 5.06. The number of likely N-dealkylation sites (N-methyl/N-ethyl adjacent to an activating group) is 1. The summed E-state index contributed by atoms with van der Waals surface area (Å²) in [4.78, 5) is 14.6. The number of hydrogen-bond acceptors (Lipinski definition) is 3. The molecule has 0 spiro atoms. The van der Waals surface area contributed by atoms with Crippen LogP contribution in [0.3, 0.4) is 0 Å². The molecule has 1 aromatic heterocycles. The van der Waals surface area contributed by atoms with Crippen LogP contribution in [0.25, 0.3) is 10.9 Å². The largest absolute Gasteiger partial charge is 0.354 e. The number of amides is 1. The van der Waals surface area contributed by atoms with Crippen LogP contribution in [0.15, 0.2) is 60.8 Å². The summed E-state index contributed by atoms with van der Waals surface area (Å²) in [5.41, 5.74) is 2.31. The van der Waals surface area contributed by atoms with Crippen LogP contribution < -0.4 is 5.32 Å². The molecule has 142 valence electrons. The number of aromatic nitrogens is 2. The second-order valence-electron chi connectivity index (χ2n) is 7.32. The summed E-state index contributed by atoms with van der Waals surface area (Å²) in [7, 11) is 4.07. The molecule has 0 aliphatic carbocycles. The molecule has 5 nitrogen and oxygen atoms in total. The summed E-state index contributed by atoms with van der Waals surface area (Å²) in [6.07, 6.45) is 2.39. The van der Waals surface area contributed by atoms with Crippen LogP contribution >= 0.6 is 0 Å². The third kappa shape index (κ3) is 4.95. The van der Waals surface area contributed by atoms with Gasteiger partial charge in [-0.05, 0) is 31.6 Å². The van der Waals surface area contributed by atoms with E-state index < -0.39 is 0 Å². The first-order valence-corrected chi connectivity index (χ1v) is 9.43. The first-order chi connectivity index (χ1) is 13.0. The Morgan fingerprint density at radius 3 is 2.56 bits per heavy atom. The lowest BCUT2D eigenvalue weighted by Gasteiger charge is -2.25. The zero-order chi connectivity index (χ0) is 19.2. The molecule has 1 amide bonds. The highest BCUT2D eigenvalue weighted by atomic mass is 16.1. The number of benzene rings is 2. The van der Waals surface area contributed by atoms with Crippen LogP contribution in [-0.4, -0.2) is 47.3 Å². The third-order valence-electron chi connectivity index (χ3n) is 5.06. The van der Waals surface area contributed by atoms with E-state index in [0.717, 1.165) is 17.4 Å². The van der Waals surface area contributed by atoms with Gasteiger partial charge in [0.05, 0.1) is 18.3 Å². The van der Waals surface area contributed by atoms with Crippen molar-refractivity contribution in [1.29, 1.82) is 0 Å². The number of nitrogens with zero attached hydrogens (tertiary/aromatic N) is 3. The number of para-hydroxylation sites is 1. The lowest BCUT2D eigenvalue weighted by Crippen LogP contribution is -2.43. The fourth-order valence-corrected chi connectivity index (χ4v) is 3.26. The van der Waals surface area contributed by atoms with Gasteiger partial charge < -0.3 is 10.2 Å². The lowest BCUT2D eigenvalue weighted by molar-refractivity contribution is -0.121. The molecule has 0 aliphatic heterocycles. The van der Waals surface area contributed by atoms with Gasteiger partial charge in [-0.15, -0.1) is 0 Å². The standard InChI is InChI=1S/C22H28N4O/c1-17(18-9-5-4-6-10-18)13-22(27)23-15-20(25(2)3)16-26-21-12-8-7-11-19(21)14-24-26/h4-12,14,17,20H,13,15-16H2,1-3H3,(H,23,27)/t17-,20+/m1/s1. The minimum Gasteiger partial charge on any atom is -0.354 e. The molecule has 27 heavy (non-hydrogen) atoms. The number of carbonyl (C=O) groups is 1. The van der Waals surface area contributed by atoms with Gasteiger partial charge >= 0.3 is 0 Å². The van der Waals surface area contributed by atoms with Gasteiger partial charge in [0.1, 0.15) is 0 Å². The Balaban J connectivity index is 1.57. The fraction of sp³-hybridized carbons (Fsp3) is 0.364. The summed E-state index contributed by atoms with van der Waals surface area (Å²) in [5, 5.41) is 8.75. The number of fused-ring (bicyclic) bond motifs is 1. The van der Waals surface area contributed by atoms with Crippen LogP contribution in [0.5, 0.6) is 0 Å². The molecule has 0 saturated heterocycles. The van der Waals surface area contributed by atoms with E-state index in [1.807, 2.05) is 55.3 Å². The molecule has 0 bridgehead atoms. The molecule has 0 fully saturated rings. The summed E-state index contributed by atoms with van der Waals surface area (Å²) in [6.45, 7) is 3.42. The number of nitrogens with one attached hydrogen (secondary N) is 1. The molecule has 3 rings (SSSR count). The number of hydrogen-bond donors (Lipinski definition) is 1. The molecule has 3 aromatic rings. The molecule has 0 unspecified atom stereocenters. The van der Waals surface area contributed by atoms with Crippen molar-refractivity contribution in [3.63, 3.8) is 0 Å². The number of rotatable bonds is 8. The van der Waals surface area contributed by atoms with Gasteiger partial charge in [0.15, 0.2) is 0 Å². The van der Waals surface area contributed by atoms with Crippen molar-refractivity contribution in [2.24, 2.45) is 0 Å². The van der Waals surface area contributed by atoms with E-state index in [2.05, 4.69) is 46.5 Å². The monoisotopic (exact) mass is 364 g/mol. The van der Waals surface area contributed by atoms with E-state index in [4.69, 9.17) is 0 Å². The molecule has 0 radical (unpaired) electrons. The van der Waals surface area contributed by atoms with Gasteiger partial charge in [-0.2, -0.15) is 5.10 Å². The van der Waals surface area contributed by atoms with Gasteiger partial charge in [-0.25, -0.2) is 0 Å². The maximum absolute atomic E-state index is 12.4. The smallest absolute Gasteiger partial charge is 0.220 e. The van der Waals surface area contributed by atoms with E-state index in [1.54, 1.807) is 0 Å². The summed E-state index contributed by atoms with van der Waals surface area (Å²) in [5.74, 6) is 0.294. The molecular weight excluding hydrogens is 336 g/mol. The van der Waals surface area contributed by atoms with Crippen LogP contribution in [0.2, 0.25) is 0 Å². The summed E-state index contributed by atoms with van der Waals surface area (Å²) >= 11 is 0. The molecule has 5 heteroatoms. The second kappa shape index (κ2) is 8.82. The Labute approximate surface area is 161 Å². The van der Waals surface area contributed by atoms with Crippen molar-refractivity contribution in [1.82, 2.24) is 20.0 Å². The molecule has 2 atom stereocenters. The van der Waals surface area contributed by atoms with E-state index in [0.29, 0.717) is 13.0 Å². The molecule has 0 saturated carbocycles. The van der Waals surface area contributed by atoms with Gasteiger partial charge in [-0.1, -0.05) is 55.5 Å². The van der Waals surface area contributed by atoms with E-state index >= 15 is 0 Å². The summed E-state index contributed by atoms with van der Waals surface area (Å²) < 4.78 is 2.01. The van der Waals surface area contributed by atoms with Crippen molar-refractivity contribution in [3.05, 3.63) is 66.4 Å². The predicted molar refractivity (Wildman–Crippen MR) is 110 cm³/mol. The first kappa shape index (κ1) is 19.1. The highest BCUT2D eigenvalue weighted by Gasteiger charge is 2.17. The van der Waals surface area contributed by atoms with Gasteiger partial charge in [0.25, 0.3) is 0 Å². The van der Waals surface area contributed by atoms with Crippen molar-refractivity contribution < 1.29 is 4.79 Å². The van der Waals surface area contributed by atoms with Crippen molar-refractivity contribution >= 4 is 16.8 Å².